The molecule has 0 aliphatic heterocycles. The van der Waals surface area contributed by atoms with Gasteiger partial charge in [-0.15, -0.1) is 6.58 Å². The largest absolute Gasteiger partial charge is 0.351 e. The molecule has 0 atom stereocenters. The summed E-state index contributed by atoms with van der Waals surface area (Å²) in [6.07, 6.45) is 2.53. The first-order valence-corrected chi connectivity index (χ1v) is 8.32. The van der Waals surface area contributed by atoms with Crippen molar-refractivity contribution in [2.24, 2.45) is 0 Å². The highest BCUT2D eigenvalue weighted by atomic mass is 32.2. The molecule has 0 saturated carbocycles. The number of anilines is 2. The predicted octanol–water partition coefficient (Wildman–Crippen LogP) is 0.713. The first-order valence-electron chi connectivity index (χ1n) is 6.47. The van der Waals surface area contributed by atoms with Crippen LogP contribution in [0, 0.1) is 0 Å². The van der Waals surface area contributed by atoms with Gasteiger partial charge in [-0.2, -0.15) is 0 Å². The summed E-state index contributed by atoms with van der Waals surface area (Å²) in [4.78, 5) is 22.7. The summed E-state index contributed by atoms with van der Waals surface area (Å²) in [5.41, 5.74) is 0.881. The van der Waals surface area contributed by atoms with E-state index in [1.165, 1.54) is 25.1 Å². The van der Waals surface area contributed by atoms with Crippen molar-refractivity contribution in [3.63, 3.8) is 0 Å². The monoisotopic (exact) mass is 325 g/mol. The summed E-state index contributed by atoms with van der Waals surface area (Å²) >= 11 is 0. The molecule has 22 heavy (non-hydrogen) atoms. The lowest BCUT2D eigenvalue weighted by Crippen LogP contribution is -2.40. The van der Waals surface area contributed by atoms with Gasteiger partial charge in [0.05, 0.1) is 11.9 Å². The maximum atomic E-state index is 11.9. The lowest BCUT2D eigenvalue weighted by atomic mass is 10.2. The first-order chi connectivity index (χ1) is 10.2. The number of amides is 2. The van der Waals surface area contributed by atoms with Gasteiger partial charge in [0, 0.05) is 19.2 Å². The first kappa shape index (κ1) is 17.7. The summed E-state index contributed by atoms with van der Waals surface area (Å²) < 4.78 is 24.7. The van der Waals surface area contributed by atoms with E-state index in [-0.39, 0.29) is 19.0 Å². The molecule has 0 aliphatic carbocycles. The van der Waals surface area contributed by atoms with Crippen molar-refractivity contribution in [3.8, 4) is 0 Å². The van der Waals surface area contributed by atoms with E-state index in [9.17, 15) is 18.0 Å². The van der Waals surface area contributed by atoms with Crippen LogP contribution in [0.1, 0.15) is 6.92 Å². The number of hydrogen-bond acceptors (Lipinski definition) is 4. The van der Waals surface area contributed by atoms with Crippen molar-refractivity contribution in [3.05, 3.63) is 36.9 Å². The highest BCUT2D eigenvalue weighted by Crippen LogP contribution is 2.20. The number of nitrogens with zero attached hydrogens (tertiary/aromatic N) is 1. The number of carbonyl (C=O) groups excluding carboxylic acids is 2. The van der Waals surface area contributed by atoms with E-state index in [1.54, 1.807) is 12.1 Å². The topological polar surface area (TPSA) is 95.6 Å². The molecule has 0 heterocycles. The molecule has 0 spiro atoms. The summed E-state index contributed by atoms with van der Waals surface area (Å²) in [6, 6.07) is 6.17. The molecule has 7 nitrogen and oxygen atoms in total. The van der Waals surface area contributed by atoms with Crippen LogP contribution in [0.2, 0.25) is 0 Å². The second kappa shape index (κ2) is 7.60. The van der Waals surface area contributed by atoms with E-state index in [1.807, 2.05) is 0 Å². The van der Waals surface area contributed by atoms with Crippen LogP contribution in [-0.2, 0) is 19.6 Å². The quantitative estimate of drug-likeness (QED) is 0.722. The third-order valence-electron chi connectivity index (χ3n) is 2.61. The fraction of sp³-hybridized carbons (Fsp3) is 0.286. The van der Waals surface area contributed by atoms with E-state index in [2.05, 4.69) is 17.2 Å². The molecule has 0 radical (unpaired) electrons. The SMILES string of the molecule is C=CCNC(=O)CN(c1ccc(NC(C)=O)cc1)S(C)(=O)=O. The Hall–Kier alpha value is -2.35. The Bertz CT molecular complexity index is 653. The van der Waals surface area contributed by atoms with Crippen LogP contribution in [0.3, 0.4) is 0 Å². The van der Waals surface area contributed by atoms with Crippen LogP contribution in [-0.4, -0.2) is 39.6 Å². The van der Waals surface area contributed by atoms with Gasteiger partial charge in [0.25, 0.3) is 0 Å². The Morgan fingerprint density at radius 3 is 2.32 bits per heavy atom. The summed E-state index contributed by atoms with van der Waals surface area (Å²) in [5.74, 6) is -0.659. The lowest BCUT2D eigenvalue weighted by molar-refractivity contribution is -0.119. The number of hydrogen-bond donors (Lipinski definition) is 2. The van der Waals surface area contributed by atoms with E-state index < -0.39 is 15.9 Å². The van der Waals surface area contributed by atoms with Gasteiger partial charge < -0.3 is 10.6 Å². The van der Waals surface area contributed by atoms with Crippen molar-refractivity contribution in [2.45, 2.75) is 6.92 Å². The number of carbonyl (C=O) groups is 2. The number of sulfonamides is 1. The molecule has 0 fully saturated rings. The maximum Gasteiger partial charge on any atom is 0.241 e. The zero-order chi connectivity index (χ0) is 16.8. The van der Waals surface area contributed by atoms with Gasteiger partial charge in [-0.1, -0.05) is 6.08 Å². The van der Waals surface area contributed by atoms with Gasteiger partial charge in [-0.25, -0.2) is 8.42 Å². The van der Waals surface area contributed by atoms with Crippen LogP contribution < -0.4 is 14.9 Å². The minimum absolute atomic E-state index is 0.225. The molecule has 2 N–H and O–H groups in total. The Kier molecular flexibility index (Phi) is 6.11. The van der Waals surface area contributed by atoms with Gasteiger partial charge in [-0.05, 0) is 24.3 Å². The minimum Gasteiger partial charge on any atom is -0.351 e. The van der Waals surface area contributed by atoms with E-state index in [4.69, 9.17) is 0 Å². The van der Waals surface area contributed by atoms with Crippen LogP contribution in [0.5, 0.6) is 0 Å². The second-order valence-corrected chi connectivity index (χ2v) is 6.50. The zero-order valence-corrected chi connectivity index (χ0v) is 13.3. The average Bonchev–Trinajstić information content (AvgIpc) is 2.42. The molecule has 0 bridgehead atoms. The van der Waals surface area contributed by atoms with E-state index in [0.29, 0.717) is 11.4 Å². The molecular weight excluding hydrogens is 306 g/mol. The summed E-state index contributed by atoms with van der Waals surface area (Å²) in [5, 5.41) is 5.10. The van der Waals surface area contributed by atoms with Crippen LogP contribution in [0.15, 0.2) is 36.9 Å². The van der Waals surface area contributed by atoms with Gasteiger partial charge in [0.1, 0.15) is 6.54 Å². The average molecular weight is 325 g/mol. The van der Waals surface area contributed by atoms with Crippen molar-refractivity contribution < 1.29 is 18.0 Å². The van der Waals surface area contributed by atoms with Gasteiger partial charge in [-0.3, -0.25) is 13.9 Å². The van der Waals surface area contributed by atoms with Gasteiger partial charge in [0.15, 0.2) is 0 Å². The van der Waals surface area contributed by atoms with Crippen molar-refractivity contribution in [1.29, 1.82) is 0 Å². The van der Waals surface area contributed by atoms with Crippen LogP contribution in [0.25, 0.3) is 0 Å². The standard InChI is InChI=1S/C14H19N3O4S/c1-4-9-15-14(19)10-17(22(3,20)21)13-7-5-12(6-8-13)16-11(2)18/h4-8H,1,9-10H2,2-3H3,(H,15,19)(H,16,18). The highest BCUT2D eigenvalue weighted by Gasteiger charge is 2.20. The molecule has 0 saturated heterocycles. The fourth-order valence-electron chi connectivity index (χ4n) is 1.69. The molecule has 8 heteroatoms. The summed E-state index contributed by atoms with van der Waals surface area (Å²) in [6.45, 7) is 4.78. The predicted molar refractivity (Wildman–Crippen MR) is 86.1 cm³/mol. The molecule has 0 unspecified atom stereocenters. The minimum atomic E-state index is -3.61. The maximum absolute atomic E-state index is 11.9. The van der Waals surface area contributed by atoms with Crippen LogP contribution in [0.4, 0.5) is 11.4 Å². The highest BCUT2D eigenvalue weighted by molar-refractivity contribution is 7.92. The van der Waals surface area contributed by atoms with Crippen LogP contribution >= 0.6 is 0 Å². The third kappa shape index (κ3) is 5.57. The Balaban J connectivity index is 2.95. The fourth-order valence-corrected chi connectivity index (χ4v) is 2.54. The van der Waals surface area contributed by atoms with Crippen molar-refractivity contribution in [1.82, 2.24) is 5.32 Å². The Morgan fingerprint density at radius 2 is 1.86 bits per heavy atom. The Morgan fingerprint density at radius 1 is 1.27 bits per heavy atom. The molecule has 1 aromatic carbocycles. The number of benzene rings is 1. The molecule has 0 aliphatic rings. The normalized spacial score (nSPS) is 10.6. The smallest absolute Gasteiger partial charge is 0.241 e. The number of rotatable bonds is 7. The molecular formula is C14H19N3O4S. The molecule has 1 aromatic rings. The van der Waals surface area contributed by atoms with Crippen molar-refractivity contribution in [2.75, 3.05) is 29.0 Å². The van der Waals surface area contributed by atoms with Gasteiger partial charge >= 0.3 is 0 Å². The zero-order valence-electron chi connectivity index (χ0n) is 12.5. The lowest BCUT2D eigenvalue weighted by Gasteiger charge is -2.22. The second-order valence-electron chi connectivity index (χ2n) is 4.59. The van der Waals surface area contributed by atoms with Crippen molar-refractivity contribution >= 4 is 33.2 Å². The third-order valence-corrected chi connectivity index (χ3v) is 3.75. The Labute approximate surface area is 130 Å². The molecule has 1 rings (SSSR count). The number of nitrogens with one attached hydrogen (secondary N) is 2. The molecule has 2 amide bonds. The summed E-state index contributed by atoms with van der Waals surface area (Å²) in [7, 11) is -3.61. The molecule has 0 aromatic heterocycles. The van der Waals surface area contributed by atoms with E-state index >= 15 is 0 Å². The van der Waals surface area contributed by atoms with E-state index in [0.717, 1.165) is 10.6 Å². The van der Waals surface area contributed by atoms with Gasteiger partial charge in [0.2, 0.25) is 21.8 Å². The molecule has 120 valence electrons.